The van der Waals surface area contributed by atoms with E-state index in [1.165, 1.54) is 4.90 Å². The average Bonchev–Trinajstić information content (AvgIpc) is 2.58. The van der Waals surface area contributed by atoms with Gasteiger partial charge in [0.2, 0.25) is 11.8 Å². The van der Waals surface area contributed by atoms with Crippen LogP contribution in [0.1, 0.15) is 46.0 Å². The summed E-state index contributed by atoms with van der Waals surface area (Å²) in [6, 6.07) is 0.291. The third kappa shape index (κ3) is 5.28. The quantitative estimate of drug-likeness (QED) is 0.782. The molecule has 0 spiro atoms. The van der Waals surface area contributed by atoms with Gasteiger partial charge < -0.3 is 5.11 Å². The molecule has 1 N–H and O–H groups in total. The summed E-state index contributed by atoms with van der Waals surface area (Å²) in [4.78, 5) is 27.4. The normalized spacial score (nSPS) is 17.1. The molecule has 0 atom stereocenters. The zero-order chi connectivity index (χ0) is 14.3. The molecule has 1 aliphatic rings. The largest absolute Gasteiger partial charge is 0.395 e. The van der Waals surface area contributed by atoms with Gasteiger partial charge >= 0.3 is 0 Å². The Kier molecular flexibility index (Phi) is 7.02. The molecule has 110 valence electrons. The van der Waals surface area contributed by atoms with E-state index in [0.29, 0.717) is 38.5 Å². The van der Waals surface area contributed by atoms with Crippen LogP contribution in [0.2, 0.25) is 0 Å². The van der Waals surface area contributed by atoms with Crippen molar-refractivity contribution in [3.63, 3.8) is 0 Å². The standard InChI is InChI=1S/C14H26N2O3/c1-12(2)15(10-11-17)9-7-14(19)16-8-5-3-4-6-13(16)18/h12,17H,3-11H2,1-2H3. The predicted octanol–water partition coefficient (Wildman–Crippen LogP) is 1.01. The van der Waals surface area contributed by atoms with E-state index < -0.39 is 0 Å². The van der Waals surface area contributed by atoms with E-state index >= 15 is 0 Å². The maximum absolute atomic E-state index is 12.1. The van der Waals surface area contributed by atoms with Crippen molar-refractivity contribution in [3.05, 3.63) is 0 Å². The fourth-order valence-electron chi connectivity index (χ4n) is 2.38. The molecule has 0 bridgehead atoms. The zero-order valence-electron chi connectivity index (χ0n) is 12.1. The van der Waals surface area contributed by atoms with Crippen LogP contribution in [0.4, 0.5) is 0 Å². The molecule has 2 amide bonds. The van der Waals surface area contributed by atoms with Crippen molar-refractivity contribution in [2.24, 2.45) is 0 Å². The highest BCUT2D eigenvalue weighted by molar-refractivity contribution is 5.95. The van der Waals surface area contributed by atoms with Crippen molar-refractivity contribution in [3.8, 4) is 0 Å². The molecule has 1 aliphatic heterocycles. The van der Waals surface area contributed by atoms with E-state index in [1.807, 2.05) is 13.8 Å². The highest BCUT2D eigenvalue weighted by Crippen LogP contribution is 2.12. The number of imide groups is 1. The van der Waals surface area contributed by atoms with Gasteiger partial charge in [-0.15, -0.1) is 0 Å². The number of carbonyl (C=O) groups is 2. The van der Waals surface area contributed by atoms with E-state index in [0.717, 1.165) is 19.3 Å². The molecule has 19 heavy (non-hydrogen) atoms. The first kappa shape index (κ1) is 16.1. The maximum atomic E-state index is 12.1. The SMILES string of the molecule is CC(C)N(CCO)CCC(=O)N1CCCCCC1=O. The first-order valence-corrected chi connectivity index (χ1v) is 7.24. The number of likely N-dealkylation sites (tertiary alicyclic amines) is 1. The zero-order valence-corrected chi connectivity index (χ0v) is 12.1. The Balaban J connectivity index is 2.46. The lowest BCUT2D eigenvalue weighted by Gasteiger charge is -2.26. The van der Waals surface area contributed by atoms with E-state index in [9.17, 15) is 9.59 Å². The van der Waals surface area contributed by atoms with E-state index in [2.05, 4.69) is 4.90 Å². The fourth-order valence-corrected chi connectivity index (χ4v) is 2.38. The summed E-state index contributed by atoms with van der Waals surface area (Å²) in [6.45, 7) is 5.91. The predicted molar refractivity (Wildman–Crippen MR) is 73.6 cm³/mol. The van der Waals surface area contributed by atoms with Gasteiger partial charge in [0.05, 0.1) is 6.61 Å². The van der Waals surface area contributed by atoms with Crippen LogP contribution in [-0.4, -0.2) is 59.0 Å². The number of aliphatic hydroxyl groups is 1. The van der Waals surface area contributed by atoms with Crippen LogP contribution < -0.4 is 0 Å². The molecule has 0 aliphatic carbocycles. The lowest BCUT2D eigenvalue weighted by molar-refractivity contribution is -0.144. The van der Waals surface area contributed by atoms with E-state index in [4.69, 9.17) is 5.11 Å². The van der Waals surface area contributed by atoms with Crippen LogP contribution in [-0.2, 0) is 9.59 Å². The topological polar surface area (TPSA) is 60.9 Å². The molecule has 0 aromatic carbocycles. The molecule has 5 nitrogen and oxygen atoms in total. The van der Waals surface area contributed by atoms with Gasteiger partial charge in [-0.1, -0.05) is 6.42 Å². The molecule has 1 fully saturated rings. The van der Waals surface area contributed by atoms with Crippen molar-refractivity contribution >= 4 is 11.8 Å². The van der Waals surface area contributed by atoms with Gasteiger partial charge in [-0.05, 0) is 26.7 Å². The van der Waals surface area contributed by atoms with Gasteiger partial charge in [-0.3, -0.25) is 19.4 Å². The van der Waals surface area contributed by atoms with Crippen molar-refractivity contribution in [2.75, 3.05) is 26.2 Å². The van der Waals surface area contributed by atoms with E-state index in [-0.39, 0.29) is 18.4 Å². The molecule has 5 heteroatoms. The number of amides is 2. The molecular formula is C14H26N2O3. The highest BCUT2D eigenvalue weighted by atomic mass is 16.3. The Labute approximate surface area is 115 Å². The van der Waals surface area contributed by atoms with Crippen molar-refractivity contribution in [1.82, 2.24) is 9.80 Å². The second kappa shape index (κ2) is 8.27. The molecule has 0 radical (unpaired) electrons. The molecule has 0 aromatic heterocycles. The van der Waals surface area contributed by atoms with Gasteiger partial charge in [0, 0.05) is 38.5 Å². The summed E-state index contributed by atoms with van der Waals surface area (Å²) >= 11 is 0. The number of aliphatic hydroxyl groups excluding tert-OH is 1. The van der Waals surface area contributed by atoms with Crippen LogP contribution in [0, 0.1) is 0 Å². The van der Waals surface area contributed by atoms with Crippen molar-refractivity contribution in [1.29, 1.82) is 0 Å². The lowest BCUT2D eigenvalue weighted by Crippen LogP contribution is -2.40. The minimum Gasteiger partial charge on any atom is -0.395 e. The van der Waals surface area contributed by atoms with Gasteiger partial charge in [0.25, 0.3) is 0 Å². The summed E-state index contributed by atoms with van der Waals surface area (Å²) in [5, 5.41) is 8.99. The number of hydrogen-bond donors (Lipinski definition) is 1. The molecule has 1 saturated heterocycles. The van der Waals surface area contributed by atoms with Crippen LogP contribution in [0.3, 0.4) is 0 Å². The minimum absolute atomic E-state index is 0.0271. The Morgan fingerprint density at radius 3 is 2.68 bits per heavy atom. The summed E-state index contributed by atoms with van der Waals surface area (Å²) in [7, 11) is 0. The molecular weight excluding hydrogens is 244 g/mol. The van der Waals surface area contributed by atoms with Crippen LogP contribution in [0.25, 0.3) is 0 Å². The Morgan fingerprint density at radius 1 is 1.32 bits per heavy atom. The number of rotatable bonds is 6. The molecule has 1 heterocycles. The molecule has 0 unspecified atom stereocenters. The fraction of sp³-hybridized carbons (Fsp3) is 0.857. The molecule has 0 aromatic rings. The van der Waals surface area contributed by atoms with Gasteiger partial charge in [-0.25, -0.2) is 0 Å². The number of carbonyl (C=O) groups excluding carboxylic acids is 2. The van der Waals surface area contributed by atoms with Gasteiger partial charge in [0.15, 0.2) is 0 Å². The third-order valence-corrected chi connectivity index (χ3v) is 3.60. The monoisotopic (exact) mass is 270 g/mol. The second-order valence-electron chi connectivity index (χ2n) is 5.35. The van der Waals surface area contributed by atoms with Crippen LogP contribution in [0.15, 0.2) is 0 Å². The summed E-state index contributed by atoms with van der Waals surface area (Å²) in [5.41, 5.74) is 0. The van der Waals surface area contributed by atoms with Crippen LogP contribution >= 0.6 is 0 Å². The van der Waals surface area contributed by atoms with Crippen molar-refractivity contribution in [2.45, 2.75) is 52.0 Å². The number of nitrogens with zero attached hydrogens (tertiary/aromatic N) is 2. The van der Waals surface area contributed by atoms with Gasteiger partial charge in [-0.2, -0.15) is 0 Å². The van der Waals surface area contributed by atoms with Crippen molar-refractivity contribution < 1.29 is 14.7 Å². The Hall–Kier alpha value is -0.940. The average molecular weight is 270 g/mol. The van der Waals surface area contributed by atoms with Gasteiger partial charge in [0.1, 0.15) is 0 Å². The van der Waals surface area contributed by atoms with E-state index in [1.54, 1.807) is 0 Å². The second-order valence-corrected chi connectivity index (χ2v) is 5.35. The minimum atomic E-state index is -0.0736. The number of hydrogen-bond acceptors (Lipinski definition) is 4. The lowest BCUT2D eigenvalue weighted by atomic mass is 10.2. The van der Waals surface area contributed by atoms with Crippen LogP contribution in [0.5, 0.6) is 0 Å². The Morgan fingerprint density at radius 2 is 2.05 bits per heavy atom. The summed E-state index contributed by atoms with van der Waals surface area (Å²) < 4.78 is 0. The molecule has 1 rings (SSSR count). The maximum Gasteiger partial charge on any atom is 0.230 e. The third-order valence-electron chi connectivity index (χ3n) is 3.60. The molecule has 0 saturated carbocycles. The highest BCUT2D eigenvalue weighted by Gasteiger charge is 2.23. The smallest absolute Gasteiger partial charge is 0.230 e. The summed E-state index contributed by atoms with van der Waals surface area (Å²) in [5.74, 6) is -0.101. The first-order chi connectivity index (χ1) is 9.06. The summed E-state index contributed by atoms with van der Waals surface area (Å²) in [6.07, 6.45) is 3.69. The Bertz CT molecular complexity index is 305. The first-order valence-electron chi connectivity index (χ1n) is 7.24.